The van der Waals surface area contributed by atoms with Gasteiger partial charge in [0.2, 0.25) is 0 Å². The van der Waals surface area contributed by atoms with Crippen LogP contribution in [0, 0.1) is 0 Å². The lowest BCUT2D eigenvalue weighted by atomic mass is 10.2. The van der Waals surface area contributed by atoms with E-state index < -0.39 is 5.97 Å². The minimum atomic E-state index is -0.708. The van der Waals surface area contributed by atoms with Crippen LogP contribution in [0.3, 0.4) is 0 Å². The van der Waals surface area contributed by atoms with Crippen LogP contribution in [0.5, 0.6) is 5.75 Å². The largest absolute Gasteiger partial charge is 0.494 e. The summed E-state index contributed by atoms with van der Waals surface area (Å²) in [7, 11) is 0. The van der Waals surface area contributed by atoms with Crippen LogP contribution in [0.15, 0.2) is 24.3 Å². The molecule has 0 aliphatic rings. The van der Waals surface area contributed by atoms with E-state index in [4.69, 9.17) is 9.84 Å². The first-order valence-electron chi connectivity index (χ1n) is 6.86. The lowest BCUT2D eigenvalue weighted by Gasteiger charge is -2.07. The summed E-state index contributed by atoms with van der Waals surface area (Å²) < 4.78 is 5.44. The third kappa shape index (κ3) is 7.47. The van der Waals surface area contributed by atoms with E-state index in [1.54, 1.807) is 0 Å². The van der Waals surface area contributed by atoms with Gasteiger partial charge in [-0.2, -0.15) is 0 Å². The van der Waals surface area contributed by atoms with Crippen LogP contribution in [-0.4, -0.2) is 24.2 Å². The van der Waals surface area contributed by atoms with Crippen molar-refractivity contribution < 1.29 is 14.6 Å². The van der Waals surface area contributed by atoms with Crippen LogP contribution in [0.25, 0.3) is 0 Å². The lowest BCUT2D eigenvalue weighted by molar-refractivity contribution is -0.137. The van der Waals surface area contributed by atoms with Gasteiger partial charge in [0.25, 0.3) is 0 Å². The van der Waals surface area contributed by atoms with Gasteiger partial charge in [0.15, 0.2) is 0 Å². The fraction of sp³-hybridized carbons (Fsp3) is 0.533. The summed E-state index contributed by atoms with van der Waals surface area (Å²) in [6.45, 7) is 4.39. The molecule has 0 aliphatic heterocycles. The standard InChI is InChI=1S/C15H23NO3/c1-2-19-14-8-6-7-13(11-14)12-16-10-5-3-4-9-15(17)18/h6-8,11,16H,2-5,9-10,12H2,1H3,(H,17,18). The van der Waals surface area contributed by atoms with E-state index in [1.165, 1.54) is 5.56 Å². The monoisotopic (exact) mass is 265 g/mol. The summed E-state index contributed by atoms with van der Waals surface area (Å²) in [6.07, 6.45) is 3.00. The van der Waals surface area contributed by atoms with Crippen molar-refractivity contribution in [3.05, 3.63) is 29.8 Å². The van der Waals surface area contributed by atoms with Crippen LogP contribution in [0.4, 0.5) is 0 Å². The Balaban J connectivity index is 2.12. The van der Waals surface area contributed by atoms with E-state index in [1.807, 2.05) is 25.1 Å². The first kappa shape index (κ1) is 15.5. The molecule has 0 heterocycles. The molecule has 1 aromatic carbocycles. The number of ether oxygens (including phenoxy) is 1. The first-order valence-corrected chi connectivity index (χ1v) is 6.86. The maximum Gasteiger partial charge on any atom is 0.303 e. The molecule has 0 unspecified atom stereocenters. The third-order valence-electron chi connectivity index (χ3n) is 2.78. The zero-order valence-electron chi connectivity index (χ0n) is 11.5. The minimum absolute atomic E-state index is 0.274. The smallest absolute Gasteiger partial charge is 0.303 e. The Labute approximate surface area is 114 Å². The maximum atomic E-state index is 10.3. The molecule has 0 radical (unpaired) electrons. The van der Waals surface area contributed by atoms with E-state index in [0.717, 1.165) is 38.1 Å². The van der Waals surface area contributed by atoms with Gasteiger partial charge in [0.05, 0.1) is 6.61 Å². The topological polar surface area (TPSA) is 58.6 Å². The quantitative estimate of drug-likeness (QED) is 0.639. The van der Waals surface area contributed by atoms with Crippen molar-refractivity contribution in [3.63, 3.8) is 0 Å². The summed E-state index contributed by atoms with van der Waals surface area (Å²) in [4.78, 5) is 10.3. The molecule has 106 valence electrons. The third-order valence-corrected chi connectivity index (χ3v) is 2.78. The van der Waals surface area contributed by atoms with E-state index in [-0.39, 0.29) is 6.42 Å². The zero-order chi connectivity index (χ0) is 13.9. The highest BCUT2D eigenvalue weighted by atomic mass is 16.5. The predicted octanol–water partition coefficient (Wildman–Crippen LogP) is 2.82. The van der Waals surface area contributed by atoms with Gasteiger partial charge in [-0.3, -0.25) is 4.79 Å². The maximum absolute atomic E-state index is 10.3. The second-order valence-electron chi connectivity index (χ2n) is 4.46. The molecule has 0 amide bonds. The van der Waals surface area contributed by atoms with E-state index in [2.05, 4.69) is 11.4 Å². The van der Waals surface area contributed by atoms with Gasteiger partial charge in [-0.05, 0) is 44.0 Å². The van der Waals surface area contributed by atoms with Gasteiger partial charge < -0.3 is 15.2 Å². The number of carbonyl (C=O) groups is 1. The highest BCUT2D eigenvalue weighted by molar-refractivity contribution is 5.66. The van der Waals surface area contributed by atoms with Crippen molar-refractivity contribution in [2.75, 3.05) is 13.2 Å². The van der Waals surface area contributed by atoms with Crippen LogP contribution in [0.2, 0.25) is 0 Å². The predicted molar refractivity (Wildman–Crippen MR) is 75.4 cm³/mol. The number of aliphatic carboxylic acids is 1. The summed E-state index contributed by atoms with van der Waals surface area (Å²) in [6, 6.07) is 8.06. The van der Waals surface area contributed by atoms with Crippen molar-refractivity contribution in [1.29, 1.82) is 0 Å². The number of carboxylic acid groups (broad SMARTS) is 1. The molecular weight excluding hydrogens is 242 g/mol. The van der Waals surface area contributed by atoms with Gasteiger partial charge in [0, 0.05) is 13.0 Å². The Morgan fingerprint density at radius 1 is 1.32 bits per heavy atom. The fourth-order valence-electron chi connectivity index (χ4n) is 1.85. The highest BCUT2D eigenvalue weighted by Crippen LogP contribution is 2.13. The molecule has 0 saturated heterocycles. The van der Waals surface area contributed by atoms with Crippen LogP contribution >= 0.6 is 0 Å². The fourth-order valence-corrected chi connectivity index (χ4v) is 1.85. The number of rotatable bonds is 10. The number of hydrogen-bond donors (Lipinski definition) is 2. The Hall–Kier alpha value is -1.55. The number of unbranched alkanes of at least 4 members (excludes halogenated alkanes) is 2. The number of benzene rings is 1. The molecule has 4 nitrogen and oxygen atoms in total. The molecule has 0 fully saturated rings. The molecule has 1 rings (SSSR count). The molecular formula is C15H23NO3. The molecule has 0 saturated carbocycles. The number of carboxylic acids is 1. The summed E-state index contributed by atoms with van der Waals surface area (Å²) in [5.74, 6) is 0.198. The second-order valence-corrected chi connectivity index (χ2v) is 4.46. The van der Waals surface area contributed by atoms with Gasteiger partial charge in [-0.15, -0.1) is 0 Å². The summed E-state index contributed by atoms with van der Waals surface area (Å²) in [5.41, 5.74) is 1.21. The van der Waals surface area contributed by atoms with Crippen molar-refractivity contribution in [2.24, 2.45) is 0 Å². The highest BCUT2D eigenvalue weighted by Gasteiger charge is 1.98. The number of hydrogen-bond acceptors (Lipinski definition) is 3. The molecule has 0 aliphatic carbocycles. The van der Waals surface area contributed by atoms with Gasteiger partial charge in [0.1, 0.15) is 5.75 Å². The number of nitrogens with one attached hydrogen (secondary N) is 1. The molecule has 0 spiro atoms. The second kappa shape index (κ2) is 9.39. The molecule has 0 aromatic heterocycles. The van der Waals surface area contributed by atoms with Crippen molar-refractivity contribution >= 4 is 5.97 Å². The summed E-state index contributed by atoms with van der Waals surface area (Å²) in [5, 5.41) is 11.9. The molecule has 19 heavy (non-hydrogen) atoms. The first-order chi connectivity index (χ1) is 9.22. The Kier molecular flexibility index (Phi) is 7.66. The van der Waals surface area contributed by atoms with E-state index >= 15 is 0 Å². The Morgan fingerprint density at radius 2 is 2.16 bits per heavy atom. The Bertz CT molecular complexity index is 379. The molecule has 0 atom stereocenters. The molecule has 4 heteroatoms. The lowest BCUT2D eigenvalue weighted by Crippen LogP contribution is -2.14. The van der Waals surface area contributed by atoms with Crippen molar-refractivity contribution in [1.82, 2.24) is 5.32 Å². The molecule has 0 bridgehead atoms. The average Bonchev–Trinajstić information content (AvgIpc) is 2.38. The average molecular weight is 265 g/mol. The van der Waals surface area contributed by atoms with E-state index in [9.17, 15) is 4.79 Å². The van der Waals surface area contributed by atoms with Gasteiger partial charge >= 0.3 is 5.97 Å². The normalized spacial score (nSPS) is 10.4. The van der Waals surface area contributed by atoms with Crippen molar-refractivity contribution in [3.8, 4) is 5.75 Å². The molecule has 2 N–H and O–H groups in total. The SMILES string of the molecule is CCOc1cccc(CNCCCCCC(=O)O)c1. The van der Waals surface area contributed by atoms with Gasteiger partial charge in [-0.25, -0.2) is 0 Å². The van der Waals surface area contributed by atoms with Crippen molar-refractivity contribution in [2.45, 2.75) is 39.2 Å². The zero-order valence-corrected chi connectivity index (χ0v) is 11.5. The van der Waals surface area contributed by atoms with Crippen LogP contribution in [-0.2, 0) is 11.3 Å². The Morgan fingerprint density at radius 3 is 2.89 bits per heavy atom. The van der Waals surface area contributed by atoms with Gasteiger partial charge in [-0.1, -0.05) is 18.6 Å². The molecule has 1 aromatic rings. The van der Waals surface area contributed by atoms with Crippen LogP contribution < -0.4 is 10.1 Å². The summed E-state index contributed by atoms with van der Waals surface area (Å²) >= 11 is 0. The van der Waals surface area contributed by atoms with E-state index in [0.29, 0.717) is 6.61 Å². The minimum Gasteiger partial charge on any atom is -0.494 e. The van der Waals surface area contributed by atoms with Crippen LogP contribution in [0.1, 0.15) is 38.2 Å².